The van der Waals surface area contributed by atoms with E-state index in [1.165, 1.54) is 0 Å². The third-order valence-corrected chi connectivity index (χ3v) is 8.13. The second-order valence-corrected chi connectivity index (χ2v) is 8.38. The Morgan fingerprint density at radius 1 is 1.27 bits per heavy atom. The fraction of sp³-hybridized carbons (Fsp3) is 0.400. The fourth-order valence-corrected chi connectivity index (χ4v) is 7.20. The molecule has 2 atom stereocenters. The Bertz CT molecular complexity index is 458. The molecule has 0 saturated carbocycles. The van der Waals surface area contributed by atoms with Gasteiger partial charge in [0.25, 0.3) is 0 Å². The van der Waals surface area contributed by atoms with Crippen molar-refractivity contribution in [2.75, 3.05) is 11.5 Å². The molecule has 82 valence electrons. The second kappa shape index (κ2) is 3.86. The van der Waals surface area contributed by atoms with E-state index in [1.54, 1.807) is 0 Å². The van der Waals surface area contributed by atoms with Gasteiger partial charge in [-0.2, -0.15) is 0 Å². The lowest BCUT2D eigenvalue weighted by molar-refractivity contribution is 0.601. The van der Waals surface area contributed by atoms with Crippen LogP contribution in [0.3, 0.4) is 0 Å². The average molecular weight is 354 g/mol. The summed E-state index contributed by atoms with van der Waals surface area (Å²) in [4.78, 5) is -0.0719. The summed E-state index contributed by atoms with van der Waals surface area (Å²) >= 11 is 7.02. The second-order valence-electron chi connectivity index (χ2n) is 3.75. The highest BCUT2D eigenvalue weighted by atomic mass is 79.9. The van der Waals surface area contributed by atoms with Gasteiger partial charge in [0.05, 0.1) is 15.8 Å². The molecule has 0 bridgehead atoms. The Hall–Kier alpha value is 0.130. The van der Waals surface area contributed by atoms with E-state index in [0.29, 0.717) is 0 Å². The third kappa shape index (κ3) is 2.15. The number of alkyl halides is 2. The summed E-state index contributed by atoms with van der Waals surface area (Å²) in [7, 11) is -2.95. The summed E-state index contributed by atoms with van der Waals surface area (Å²) in [6.07, 6.45) is 0. The van der Waals surface area contributed by atoms with E-state index in [9.17, 15) is 8.42 Å². The first-order chi connectivity index (χ1) is 6.94. The number of hydrogen-bond acceptors (Lipinski definition) is 2. The van der Waals surface area contributed by atoms with Gasteiger partial charge >= 0.3 is 0 Å². The highest BCUT2D eigenvalue weighted by molar-refractivity contribution is 9.12. The van der Waals surface area contributed by atoms with Gasteiger partial charge in [0, 0.05) is 4.83 Å². The monoisotopic (exact) mass is 352 g/mol. The van der Waals surface area contributed by atoms with Crippen molar-refractivity contribution in [3.05, 3.63) is 35.9 Å². The van der Waals surface area contributed by atoms with Gasteiger partial charge in [-0.15, -0.1) is 0 Å². The number of rotatable bonds is 1. The fourth-order valence-electron chi connectivity index (χ4n) is 1.80. The summed E-state index contributed by atoms with van der Waals surface area (Å²) in [5, 5.41) is 0. The molecule has 0 aliphatic carbocycles. The highest BCUT2D eigenvalue weighted by Crippen LogP contribution is 2.45. The lowest BCUT2D eigenvalue weighted by Gasteiger charge is -2.24. The molecule has 1 saturated heterocycles. The lowest BCUT2D eigenvalue weighted by atomic mass is 9.98. The zero-order valence-corrected chi connectivity index (χ0v) is 11.8. The molecule has 0 amide bonds. The molecule has 0 unspecified atom stereocenters. The predicted octanol–water partition coefficient (Wildman–Crippen LogP) is 2.47. The van der Waals surface area contributed by atoms with E-state index in [1.807, 2.05) is 30.3 Å². The minimum absolute atomic E-state index is 0.0719. The first-order valence-electron chi connectivity index (χ1n) is 4.53. The van der Waals surface area contributed by atoms with Crippen molar-refractivity contribution in [3.8, 4) is 0 Å². The molecule has 2 nitrogen and oxygen atoms in total. The van der Waals surface area contributed by atoms with Crippen LogP contribution in [0.5, 0.6) is 0 Å². The Morgan fingerprint density at radius 2 is 1.87 bits per heavy atom. The van der Waals surface area contributed by atoms with Crippen molar-refractivity contribution in [1.29, 1.82) is 0 Å². The van der Waals surface area contributed by atoms with Gasteiger partial charge in [0.15, 0.2) is 9.84 Å². The number of halogens is 2. The van der Waals surface area contributed by atoms with Crippen molar-refractivity contribution < 1.29 is 8.42 Å². The van der Waals surface area contributed by atoms with Crippen molar-refractivity contribution >= 4 is 41.7 Å². The van der Waals surface area contributed by atoms with Crippen LogP contribution in [0, 0.1) is 0 Å². The van der Waals surface area contributed by atoms with Gasteiger partial charge in [0.1, 0.15) is 0 Å². The zero-order valence-electron chi connectivity index (χ0n) is 7.86. The highest BCUT2D eigenvalue weighted by Gasteiger charge is 2.48. The molecule has 1 aromatic carbocycles. The van der Waals surface area contributed by atoms with E-state index < -0.39 is 14.2 Å². The van der Waals surface area contributed by atoms with Gasteiger partial charge in [-0.25, -0.2) is 8.42 Å². The van der Waals surface area contributed by atoms with Crippen LogP contribution in [0.15, 0.2) is 30.3 Å². The van der Waals surface area contributed by atoms with Crippen molar-refractivity contribution in [2.24, 2.45) is 0 Å². The molecule has 15 heavy (non-hydrogen) atoms. The molecule has 2 rings (SSSR count). The topological polar surface area (TPSA) is 34.1 Å². The van der Waals surface area contributed by atoms with Crippen LogP contribution in [0.2, 0.25) is 0 Å². The Balaban J connectivity index is 2.45. The summed E-state index contributed by atoms with van der Waals surface area (Å²) < 4.78 is 22.7. The van der Waals surface area contributed by atoms with Gasteiger partial charge < -0.3 is 0 Å². The molecule has 1 aliphatic heterocycles. The van der Waals surface area contributed by atoms with E-state index in [-0.39, 0.29) is 16.3 Å². The maximum atomic E-state index is 11.6. The quantitative estimate of drug-likeness (QED) is 0.727. The smallest absolute Gasteiger partial charge is 0.153 e. The molecule has 0 spiro atoms. The van der Waals surface area contributed by atoms with E-state index in [2.05, 4.69) is 31.9 Å². The van der Waals surface area contributed by atoms with Gasteiger partial charge in [-0.3, -0.25) is 0 Å². The molecule has 1 aromatic rings. The summed E-state index contributed by atoms with van der Waals surface area (Å²) in [5.74, 6) is 0.340. The number of sulfone groups is 1. The van der Waals surface area contributed by atoms with Crippen molar-refractivity contribution in [2.45, 2.75) is 9.15 Å². The Kier molecular flexibility index (Phi) is 2.99. The Labute approximate surface area is 106 Å². The Morgan fingerprint density at radius 3 is 2.33 bits per heavy atom. The van der Waals surface area contributed by atoms with Crippen LogP contribution in [0.25, 0.3) is 0 Å². The molecule has 1 heterocycles. The molecule has 5 heteroatoms. The molecule has 0 N–H and O–H groups in total. The normalized spacial score (nSPS) is 34.1. The van der Waals surface area contributed by atoms with Crippen LogP contribution >= 0.6 is 31.9 Å². The maximum Gasteiger partial charge on any atom is 0.153 e. The number of benzene rings is 1. The van der Waals surface area contributed by atoms with Crippen LogP contribution in [0.1, 0.15) is 5.56 Å². The standard InChI is InChI=1S/C10H10Br2O2S/c11-9-6-15(13,14)7-10(9,12)8-4-2-1-3-5-8/h1-5,9H,6-7H2/t9-,10+/m1/s1. The lowest BCUT2D eigenvalue weighted by Crippen LogP contribution is -2.27. The average Bonchev–Trinajstić information content (AvgIpc) is 2.38. The van der Waals surface area contributed by atoms with Gasteiger partial charge in [-0.05, 0) is 5.56 Å². The van der Waals surface area contributed by atoms with E-state index >= 15 is 0 Å². The summed E-state index contributed by atoms with van der Waals surface area (Å²) in [6, 6.07) is 9.66. The van der Waals surface area contributed by atoms with Crippen molar-refractivity contribution in [1.82, 2.24) is 0 Å². The minimum Gasteiger partial charge on any atom is -0.229 e. The van der Waals surface area contributed by atoms with Crippen LogP contribution < -0.4 is 0 Å². The maximum absolute atomic E-state index is 11.6. The number of hydrogen-bond donors (Lipinski definition) is 0. The minimum atomic E-state index is -2.95. The summed E-state index contributed by atoms with van der Waals surface area (Å²) in [5.41, 5.74) is 1.01. The molecule has 0 radical (unpaired) electrons. The van der Waals surface area contributed by atoms with Crippen LogP contribution in [0.4, 0.5) is 0 Å². The molecule has 1 fully saturated rings. The van der Waals surface area contributed by atoms with Gasteiger partial charge in [-0.1, -0.05) is 62.2 Å². The summed E-state index contributed by atoms with van der Waals surface area (Å²) in [6.45, 7) is 0. The molecular weight excluding hydrogens is 344 g/mol. The third-order valence-electron chi connectivity index (χ3n) is 2.58. The zero-order chi connectivity index (χ0) is 11.1. The van der Waals surface area contributed by atoms with Crippen LogP contribution in [-0.2, 0) is 14.2 Å². The van der Waals surface area contributed by atoms with E-state index in [4.69, 9.17) is 0 Å². The van der Waals surface area contributed by atoms with Gasteiger partial charge in [0.2, 0.25) is 0 Å². The SMILES string of the molecule is O=S1(=O)C[C@@H](Br)[C@@](Br)(c2ccccc2)C1. The van der Waals surface area contributed by atoms with Crippen molar-refractivity contribution in [3.63, 3.8) is 0 Å². The first-order valence-corrected chi connectivity index (χ1v) is 8.06. The van der Waals surface area contributed by atoms with Crippen LogP contribution in [-0.4, -0.2) is 24.8 Å². The van der Waals surface area contributed by atoms with E-state index in [0.717, 1.165) is 5.56 Å². The first kappa shape index (κ1) is 11.6. The molecule has 1 aliphatic rings. The molecule has 0 aromatic heterocycles. The predicted molar refractivity (Wildman–Crippen MR) is 68.4 cm³/mol. The molecular formula is C10H10Br2O2S. The largest absolute Gasteiger partial charge is 0.229 e.